The molecule has 0 aromatic heterocycles. The lowest BCUT2D eigenvalue weighted by Crippen LogP contribution is -2.34. The van der Waals surface area contributed by atoms with Crippen molar-refractivity contribution >= 4 is 10.2 Å². The first-order valence-corrected chi connectivity index (χ1v) is 19.5. The largest absolute Gasteiger partial charge is 0.488 e. The molecule has 0 amide bonds. The molecule has 10 nitrogen and oxygen atoms in total. The molecule has 282 valence electrons. The highest BCUT2D eigenvalue weighted by atomic mass is 28.1. The van der Waals surface area contributed by atoms with Gasteiger partial charge in [0.25, 0.3) is 0 Å². The van der Waals surface area contributed by atoms with Gasteiger partial charge in [0.2, 0.25) is 0 Å². The third kappa shape index (κ3) is 11.1. The summed E-state index contributed by atoms with van der Waals surface area (Å²) in [4.78, 5) is 2.27. The predicted molar refractivity (Wildman–Crippen MR) is 210 cm³/mol. The molecule has 0 spiro atoms. The molecule has 5 rings (SSSR count). The molecule has 1 aliphatic heterocycles. The van der Waals surface area contributed by atoms with Gasteiger partial charge in [0.15, 0.2) is 11.5 Å². The maximum absolute atomic E-state index is 10.1. The summed E-state index contributed by atoms with van der Waals surface area (Å²) in [5.74, 6) is 3.02. The molecule has 4 N–H and O–H groups in total. The average Bonchev–Trinajstić information content (AvgIpc) is 3.18. The lowest BCUT2D eigenvalue weighted by atomic mass is 9.96. The molecule has 53 heavy (non-hydrogen) atoms. The SMILES string of the molecule is Cc1cc(CN(C)CCCNCCC([SiH3])[C@H](O)[C@H](O)CO)c(OCc2cccc(C#N)c2)cc1OCc1cccc(-c2ccc3c(c2)OCCO3)c1C. The van der Waals surface area contributed by atoms with E-state index in [1.807, 2.05) is 36.4 Å². The fourth-order valence-corrected chi connectivity index (χ4v) is 7.24. The Kier molecular flexibility index (Phi) is 14.7. The quantitative estimate of drug-likeness (QED) is 0.0808. The Labute approximate surface area is 316 Å². The number of nitrogens with one attached hydrogen (secondary N) is 1. The minimum absolute atomic E-state index is 0.0171. The van der Waals surface area contributed by atoms with E-state index in [4.69, 9.17) is 24.1 Å². The lowest BCUT2D eigenvalue weighted by molar-refractivity contribution is -0.0176. The molecular weight excluding hydrogens is 687 g/mol. The number of benzene rings is 4. The van der Waals surface area contributed by atoms with Crippen LogP contribution in [-0.4, -0.2) is 89.2 Å². The van der Waals surface area contributed by atoms with E-state index in [0.29, 0.717) is 38.5 Å². The second-order valence-electron chi connectivity index (χ2n) is 13.9. The molecule has 0 bridgehead atoms. The minimum atomic E-state index is -1.08. The van der Waals surface area contributed by atoms with E-state index in [2.05, 4.69) is 67.5 Å². The molecule has 3 atom stereocenters. The molecule has 0 saturated carbocycles. The van der Waals surface area contributed by atoms with Crippen molar-refractivity contribution in [1.29, 1.82) is 5.26 Å². The van der Waals surface area contributed by atoms with Crippen LogP contribution in [0.5, 0.6) is 23.0 Å². The van der Waals surface area contributed by atoms with E-state index in [-0.39, 0.29) is 5.54 Å². The molecule has 0 radical (unpaired) electrons. The van der Waals surface area contributed by atoms with Crippen LogP contribution in [-0.2, 0) is 19.8 Å². The highest BCUT2D eigenvalue weighted by molar-refractivity contribution is 6.12. The monoisotopic (exact) mass is 739 g/mol. The molecule has 0 aliphatic carbocycles. The molecule has 4 aromatic rings. The first kappa shape index (κ1) is 39.8. The number of fused-ring (bicyclic) bond motifs is 1. The topological polar surface area (TPSA) is 137 Å². The maximum Gasteiger partial charge on any atom is 0.161 e. The Morgan fingerprint density at radius 2 is 1.68 bits per heavy atom. The van der Waals surface area contributed by atoms with Gasteiger partial charge in [-0.25, -0.2) is 0 Å². The Balaban J connectivity index is 1.24. The van der Waals surface area contributed by atoms with Crippen LogP contribution in [0.25, 0.3) is 11.1 Å². The number of aliphatic hydroxyl groups is 3. The van der Waals surface area contributed by atoms with Crippen LogP contribution in [0.3, 0.4) is 0 Å². The van der Waals surface area contributed by atoms with Crippen molar-refractivity contribution in [2.75, 3.05) is 46.5 Å². The molecule has 0 saturated heterocycles. The maximum atomic E-state index is 10.1. The van der Waals surface area contributed by atoms with Crippen LogP contribution in [0.15, 0.2) is 72.8 Å². The van der Waals surface area contributed by atoms with E-state index in [1.165, 1.54) is 0 Å². The smallest absolute Gasteiger partial charge is 0.161 e. The normalized spacial score (nSPS) is 14.1. The number of aliphatic hydroxyl groups excluding tert-OH is 3. The first-order chi connectivity index (χ1) is 25.7. The lowest BCUT2D eigenvalue weighted by Gasteiger charge is -2.23. The number of nitrogens with zero attached hydrogens (tertiary/aromatic N) is 2. The third-order valence-electron chi connectivity index (χ3n) is 9.77. The van der Waals surface area contributed by atoms with E-state index in [0.717, 1.165) is 105 Å². The number of nitriles is 1. The Bertz CT molecular complexity index is 1850. The Hall–Kier alpha value is -4.41. The number of rotatable bonds is 19. The zero-order chi connectivity index (χ0) is 37.7. The predicted octanol–water partition coefficient (Wildman–Crippen LogP) is 4.44. The number of hydrogen-bond donors (Lipinski definition) is 4. The van der Waals surface area contributed by atoms with Gasteiger partial charge in [-0.05, 0) is 123 Å². The van der Waals surface area contributed by atoms with Gasteiger partial charge in [-0.15, -0.1) is 0 Å². The Morgan fingerprint density at radius 1 is 0.906 bits per heavy atom. The first-order valence-electron chi connectivity index (χ1n) is 18.4. The summed E-state index contributed by atoms with van der Waals surface area (Å²) in [7, 11) is 2.84. The summed E-state index contributed by atoms with van der Waals surface area (Å²) in [6.45, 7) is 8.69. The Morgan fingerprint density at radius 3 is 2.47 bits per heavy atom. The summed E-state index contributed by atoms with van der Waals surface area (Å²) in [6.07, 6.45) is -0.256. The third-order valence-corrected chi connectivity index (χ3v) is 11.0. The van der Waals surface area contributed by atoms with Crippen molar-refractivity contribution in [3.05, 3.63) is 106 Å². The van der Waals surface area contributed by atoms with E-state index in [1.54, 1.807) is 6.07 Å². The average molecular weight is 740 g/mol. The van der Waals surface area contributed by atoms with Crippen molar-refractivity contribution in [2.45, 2.75) is 64.2 Å². The van der Waals surface area contributed by atoms with Crippen molar-refractivity contribution in [1.82, 2.24) is 10.2 Å². The molecule has 0 fully saturated rings. The second-order valence-corrected chi connectivity index (χ2v) is 15.4. The minimum Gasteiger partial charge on any atom is -0.488 e. The van der Waals surface area contributed by atoms with Crippen molar-refractivity contribution in [2.24, 2.45) is 0 Å². The standard InChI is InChI=1S/C42H53N3O7Si/c1-28-19-34(24-45(3)16-6-14-44-15-13-41(53)42(48)36(47)25-46)39(51-26-31-8-4-7-30(20-31)23-43)22-38(28)52-27-33-9-5-10-35(29(33)2)32-11-12-37-40(21-32)50-18-17-49-37/h4-5,7-12,19-22,36,41-42,44,46-48H,6,13-18,24-27H2,1-3,53H3/t36-,41?,42-/m1/s1. The van der Waals surface area contributed by atoms with Gasteiger partial charge in [0, 0.05) is 28.4 Å². The molecule has 1 heterocycles. The van der Waals surface area contributed by atoms with Crippen LogP contribution in [0.1, 0.15) is 46.2 Å². The van der Waals surface area contributed by atoms with Gasteiger partial charge in [0.05, 0.1) is 24.3 Å². The number of ether oxygens (including phenoxy) is 4. The van der Waals surface area contributed by atoms with Gasteiger partial charge in [0.1, 0.15) is 44.0 Å². The van der Waals surface area contributed by atoms with Gasteiger partial charge in [-0.1, -0.05) is 36.4 Å². The summed E-state index contributed by atoms with van der Waals surface area (Å²) in [5.41, 5.74) is 7.99. The van der Waals surface area contributed by atoms with Crippen LogP contribution in [0.4, 0.5) is 0 Å². The van der Waals surface area contributed by atoms with Crippen LogP contribution < -0.4 is 24.3 Å². The van der Waals surface area contributed by atoms with Crippen LogP contribution in [0, 0.1) is 25.2 Å². The van der Waals surface area contributed by atoms with E-state index < -0.39 is 18.8 Å². The molecule has 11 heteroatoms. The van der Waals surface area contributed by atoms with Crippen LogP contribution >= 0.6 is 0 Å². The summed E-state index contributed by atoms with van der Waals surface area (Å²) < 4.78 is 24.5. The fourth-order valence-electron chi connectivity index (χ4n) is 6.51. The fraction of sp³-hybridized carbons (Fsp3) is 0.405. The molecule has 1 aliphatic rings. The number of hydrogen-bond acceptors (Lipinski definition) is 10. The summed E-state index contributed by atoms with van der Waals surface area (Å²) >= 11 is 0. The molecule has 4 aromatic carbocycles. The van der Waals surface area contributed by atoms with Gasteiger partial charge in [-0.2, -0.15) is 5.26 Å². The van der Waals surface area contributed by atoms with E-state index >= 15 is 0 Å². The van der Waals surface area contributed by atoms with Gasteiger partial charge < -0.3 is 44.5 Å². The molecular formula is C42H53N3O7Si. The number of aryl methyl sites for hydroxylation is 1. The zero-order valence-electron chi connectivity index (χ0n) is 31.3. The zero-order valence-corrected chi connectivity index (χ0v) is 33.3. The van der Waals surface area contributed by atoms with Crippen LogP contribution in [0.2, 0.25) is 5.54 Å². The van der Waals surface area contributed by atoms with Crippen molar-refractivity contribution < 1.29 is 34.3 Å². The highest BCUT2D eigenvalue weighted by Crippen LogP contribution is 2.37. The highest BCUT2D eigenvalue weighted by Gasteiger charge is 2.22. The molecule has 1 unspecified atom stereocenters. The van der Waals surface area contributed by atoms with E-state index in [9.17, 15) is 15.5 Å². The second kappa shape index (κ2) is 19.6. The summed E-state index contributed by atoms with van der Waals surface area (Å²) in [5, 5.41) is 41.8. The van der Waals surface area contributed by atoms with Crippen molar-refractivity contribution in [3.63, 3.8) is 0 Å². The summed E-state index contributed by atoms with van der Waals surface area (Å²) in [6, 6.07) is 26.1. The van der Waals surface area contributed by atoms with Crippen molar-refractivity contribution in [3.8, 4) is 40.2 Å². The van der Waals surface area contributed by atoms with Gasteiger partial charge >= 0.3 is 0 Å². The van der Waals surface area contributed by atoms with Gasteiger partial charge in [-0.3, -0.25) is 0 Å².